The van der Waals surface area contributed by atoms with E-state index in [1.807, 2.05) is 0 Å². The first-order valence-corrected chi connectivity index (χ1v) is 14.7. The highest BCUT2D eigenvalue weighted by Gasteiger charge is 2.37. The van der Waals surface area contributed by atoms with E-state index in [4.69, 9.17) is 11.6 Å². The zero-order valence-corrected chi connectivity index (χ0v) is 25.3. The Labute approximate surface area is 271 Å². The molecule has 4 aromatic rings. The number of alkyl halides is 6. The van der Waals surface area contributed by atoms with E-state index in [2.05, 4.69) is 35.4 Å². The van der Waals surface area contributed by atoms with Gasteiger partial charge < -0.3 is 14.6 Å². The molecule has 3 aromatic carbocycles. The Morgan fingerprint density at radius 1 is 0.979 bits per heavy atom. The number of aromatic nitrogens is 3. The van der Waals surface area contributed by atoms with Crippen molar-refractivity contribution >= 4 is 40.1 Å². The number of halogens is 7. The third-order valence-electron chi connectivity index (χ3n) is 6.31. The SMILES string of the molecule is CC(NNC(O)N=C1SCC(=O)N1c1cc(Cl)ccc1OC(F)(F)F)c1ccc(-c2ncn(-c3ccc(OC(F)(F)F)cc3)n2)cc1. The first-order valence-electron chi connectivity index (χ1n) is 13.3. The topological polar surface area (TPSA) is 126 Å². The summed E-state index contributed by atoms with van der Waals surface area (Å²) in [5, 5.41) is 14.8. The lowest BCUT2D eigenvalue weighted by atomic mass is 10.1. The van der Waals surface area contributed by atoms with Crippen LogP contribution in [0.5, 0.6) is 11.5 Å². The molecule has 0 spiro atoms. The van der Waals surface area contributed by atoms with Gasteiger partial charge in [-0.3, -0.25) is 9.69 Å². The van der Waals surface area contributed by atoms with Crippen molar-refractivity contribution in [3.05, 3.63) is 83.6 Å². The zero-order valence-electron chi connectivity index (χ0n) is 23.8. The number of nitrogens with one attached hydrogen (secondary N) is 2. The number of hydrogen-bond acceptors (Lipinski definition) is 10. The number of amides is 1. The number of carbonyl (C=O) groups is 1. The fraction of sp³-hybridized carbons (Fsp3) is 0.214. The molecule has 47 heavy (non-hydrogen) atoms. The second kappa shape index (κ2) is 13.8. The number of aliphatic hydroxyl groups is 1. The van der Waals surface area contributed by atoms with Crippen LogP contribution in [0, 0.1) is 0 Å². The number of ether oxygens (including phenoxy) is 2. The van der Waals surface area contributed by atoms with Gasteiger partial charge in [0.15, 0.2) is 16.7 Å². The molecule has 2 heterocycles. The van der Waals surface area contributed by atoms with Crippen molar-refractivity contribution in [2.45, 2.75) is 32.0 Å². The van der Waals surface area contributed by atoms with Gasteiger partial charge >= 0.3 is 12.7 Å². The Bertz CT molecular complexity index is 1750. The minimum Gasteiger partial charge on any atom is -0.406 e. The van der Waals surface area contributed by atoms with E-state index in [0.717, 1.165) is 46.5 Å². The highest BCUT2D eigenvalue weighted by Crippen LogP contribution is 2.39. The summed E-state index contributed by atoms with van der Waals surface area (Å²) >= 11 is 6.87. The second-order valence-corrected chi connectivity index (χ2v) is 11.0. The standard InChI is InChI=1S/C28H22ClF6N7O4S/c1-15(16-2-4-17(5-3-16)24-36-14-41(40-24)19-7-9-20(10-8-19)45-27(30,31)32)38-39-25(44)37-26-42(23(43)13-47-26)21-12-18(29)6-11-22(21)46-28(33,34)35/h2-12,14-15,25,38-39,44H,13H2,1H3. The largest absolute Gasteiger partial charge is 0.573 e. The Kier molecular flexibility index (Phi) is 9.97. The second-order valence-electron chi connectivity index (χ2n) is 9.65. The molecule has 1 fully saturated rings. The van der Waals surface area contributed by atoms with E-state index in [-0.39, 0.29) is 27.4 Å². The monoisotopic (exact) mass is 701 g/mol. The van der Waals surface area contributed by atoms with Gasteiger partial charge in [-0.1, -0.05) is 47.6 Å². The van der Waals surface area contributed by atoms with Crippen LogP contribution < -0.4 is 25.2 Å². The normalized spacial score (nSPS) is 16.1. The lowest BCUT2D eigenvalue weighted by molar-refractivity contribution is -0.275. The number of benzene rings is 3. The molecule has 2 atom stereocenters. The molecule has 0 bridgehead atoms. The molecule has 1 aliphatic rings. The quantitative estimate of drug-likeness (QED) is 0.104. The number of aliphatic hydroxyl groups excluding tert-OH is 1. The Morgan fingerprint density at radius 3 is 2.32 bits per heavy atom. The number of thioether (sulfide) groups is 1. The van der Waals surface area contributed by atoms with Gasteiger partial charge in [-0.15, -0.1) is 31.4 Å². The van der Waals surface area contributed by atoms with E-state index in [1.165, 1.54) is 29.2 Å². The van der Waals surface area contributed by atoms with Crippen LogP contribution in [0.4, 0.5) is 32.0 Å². The summed E-state index contributed by atoms with van der Waals surface area (Å²) in [6.45, 7) is 1.77. The van der Waals surface area contributed by atoms with Crippen molar-refractivity contribution in [1.29, 1.82) is 0 Å². The van der Waals surface area contributed by atoms with Gasteiger partial charge in [-0.2, -0.15) is 0 Å². The predicted octanol–water partition coefficient (Wildman–Crippen LogP) is 5.95. The maximum absolute atomic E-state index is 13.0. The van der Waals surface area contributed by atoms with Crippen molar-refractivity contribution < 1.29 is 45.7 Å². The van der Waals surface area contributed by atoms with Crippen molar-refractivity contribution in [2.75, 3.05) is 10.7 Å². The molecule has 0 saturated carbocycles. The van der Waals surface area contributed by atoms with Gasteiger partial charge in [0.1, 0.15) is 12.1 Å². The van der Waals surface area contributed by atoms with Crippen molar-refractivity contribution in [2.24, 2.45) is 4.99 Å². The summed E-state index contributed by atoms with van der Waals surface area (Å²) in [7, 11) is 0. The van der Waals surface area contributed by atoms with E-state index < -0.39 is 36.8 Å². The fourth-order valence-corrected chi connectivity index (χ4v) is 5.28. The summed E-state index contributed by atoms with van der Waals surface area (Å²) in [6.07, 6.45) is -10.0. The zero-order chi connectivity index (χ0) is 33.9. The van der Waals surface area contributed by atoms with Crippen molar-refractivity contribution in [3.8, 4) is 28.6 Å². The van der Waals surface area contributed by atoms with Crippen LogP contribution >= 0.6 is 23.4 Å². The summed E-state index contributed by atoms with van der Waals surface area (Å²) in [6, 6.07) is 15.0. The van der Waals surface area contributed by atoms with Gasteiger partial charge in [0.2, 0.25) is 12.3 Å². The van der Waals surface area contributed by atoms with Gasteiger partial charge in [0.05, 0.1) is 17.1 Å². The summed E-state index contributed by atoms with van der Waals surface area (Å²) in [4.78, 5) is 21.8. The average molecular weight is 702 g/mol. The lowest BCUT2D eigenvalue weighted by Crippen LogP contribution is -2.42. The molecule has 19 heteroatoms. The van der Waals surface area contributed by atoms with Crippen LogP contribution in [0.2, 0.25) is 5.02 Å². The minimum atomic E-state index is -5.03. The number of anilines is 1. The molecule has 5 rings (SSSR count). The highest BCUT2D eigenvalue weighted by molar-refractivity contribution is 8.15. The predicted molar refractivity (Wildman–Crippen MR) is 160 cm³/mol. The van der Waals surface area contributed by atoms with Crippen LogP contribution in [-0.4, -0.2) is 55.8 Å². The van der Waals surface area contributed by atoms with E-state index >= 15 is 0 Å². The van der Waals surface area contributed by atoms with Gasteiger partial charge in [0, 0.05) is 16.6 Å². The molecule has 2 unspecified atom stereocenters. The van der Waals surface area contributed by atoms with E-state index in [1.54, 1.807) is 31.2 Å². The first-order chi connectivity index (χ1) is 22.1. The third-order valence-corrected chi connectivity index (χ3v) is 7.48. The molecule has 1 saturated heterocycles. The Balaban J connectivity index is 1.21. The Morgan fingerprint density at radius 2 is 1.66 bits per heavy atom. The molecular weight excluding hydrogens is 680 g/mol. The highest BCUT2D eigenvalue weighted by atomic mass is 35.5. The van der Waals surface area contributed by atoms with E-state index in [9.17, 15) is 36.2 Å². The number of carbonyl (C=O) groups excluding carboxylic acids is 1. The number of hydrazine groups is 1. The maximum Gasteiger partial charge on any atom is 0.573 e. The minimum absolute atomic E-state index is 0.0519. The smallest absolute Gasteiger partial charge is 0.406 e. The molecule has 248 valence electrons. The molecular formula is C28H22ClF6N7O4S. The number of aliphatic imine (C=N–C) groups is 1. The van der Waals surface area contributed by atoms with Crippen LogP contribution in [-0.2, 0) is 4.79 Å². The third kappa shape index (κ3) is 8.92. The summed E-state index contributed by atoms with van der Waals surface area (Å²) in [5.74, 6) is -1.41. The first kappa shape index (κ1) is 34.0. The number of hydrogen-bond donors (Lipinski definition) is 3. The van der Waals surface area contributed by atoms with Gasteiger partial charge in [0.25, 0.3) is 0 Å². The number of amidine groups is 1. The fourth-order valence-electron chi connectivity index (χ4n) is 4.23. The van der Waals surface area contributed by atoms with Gasteiger partial charge in [-0.25, -0.2) is 25.5 Å². The number of rotatable bonds is 10. The Hall–Kier alpha value is -4.36. The molecule has 0 radical (unpaired) electrons. The lowest BCUT2D eigenvalue weighted by Gasteiger charge is -2.22. The molecule has 0 aliphatic carbocycles. The van der Waals surface area contributed by atoms with Crippen LogP contribution in [0.3, 0.4) is 0 Å². The average Bonchev–Trinajstić information content (AvgIpc) is 3.63. The van der Waals surface area contributed by atoms with Crippen LogP contribution in [0.1, 0.15) is 18.5 Å². The maximum atomic E-state index is 13.0. The number of nitrogens with zero attached hydrogens (tertiary/aromatic N) is 5. The van der Waals surface area contributed by atoms with Gasteiger partial charge in [-0.05, 0) is 55.0 Å². The summed E-state index contributed by atoms with van der Waals surface area (Å²) < 4.78 is 85.4. The molecule has 1 amide bonds. The molecule has 11 nitrogen and oxygen atoms in total. The molecule has 1 aliphatic heterocycles. The summed E-state index contributed by atoms with van der Waals surface area (Å²) in [5.41, 5.74) is 7.03. The molecule has 1 aromatic heterocycles. The van der Waals surface area contributed by atoms with Crippen LogP contribution in [0.25, 0.3) is 17.1 Å². The van der Waals surface area contributed by atoms with Crippen LogP contribution in [0.15, 0.2) is 78.0 Å². The molecule has 3 N–H and O–H groups in total. The van der Waals surface area contributed by atoms with Crippen molar-refractivity contribution in [1.82, 2.24) is 25.6 Å². The van der Waals surface area contributed by atoms with Crippen molar-refractivity contribution in [3.63, 3.8) is 0 Å². The van der Waals surface area contributed by atoms with E-state index in [0.29, 0.717) is 17.1 Å².